The van der Waals surface area contributed by atoms with Crippen LogP contribution in [0.4, 0.5) is 0 Å². The molecule has 0 saturated carbocycles. The Balaban J connectivity index is 2.51. The molecular formula is C14H9ClO2S. The number of rotatable bonds is 1. The lowest BCUT2D eigenvalue weighted by Crippen LogP contribution is -1.92. The van der Waals surface area contributed by atoms with Crippen molar-refractivity contribution in [1.82, 2.24) is 0 Å². The summed E-state index contributed by atoms with van der Waals surface area (Å²) in [6.07, 6.45) is 0. The van der Waals surface area contributed by atoms with E-state index in [0.717, 1.165) is 16.2 Å². The number of halogens is 1. The van der Waals surface area contributed by atoms with Crippen LogP contribution < -0.4 is 0 Å². The SMILES string of the molecule is O=S(=O)(Cl)c1cccc2cc3ccccc3cc12. The second-order valence-corrected chi connectivity index (χ2v) is 6.65. The largest absolute Gasteiger partial charge is 0.261 e. The third kappa shape index (κ3) is 1.85. The summed E-state index contributed by atoms with van der Waals surface area (Å²) < 4.78 is 23.1. The molecule has 0 saturated heterocycles. The standard InChI is InChI=1S/C14H9ClO2S/c15-18(16,17)14-7-3-6-12-8-10-4-1-2-5-11(10)9-13(12)14/h1-9H. The van der Waals surface area contributed by atoms with Crippen molar-refractivity contribution in [2.75, 3.05) is 0 Å². The van der Waals surface area contributed by atoms with E-state index in [1.54, 1.807) is 6.07 Å². The Morgan fingerprint density at radius 1 is 0.778 bits per heavy atom. The fourth-order valence-corrected chi connectivity index (χ4v) is 3.23. The predicted molar refractivity (Wildman–Crippen MR) is 74.5 cm³/mol. The van der Waals surface area contributed by atoms with Crippen LogP contribution in [0.3, 0.4) is 0 Å². The van der Waals surface area contributed by atoms with Crippen molar-refractivity contribution in [3.05, 3.63) is 54.6 Å². The van der Waals surface area contributed by atoms with Gasteiger partial charge in [0.15, 0.2) is 0 Å². The minimum absolute atomic E-state index is 0.160. The van der Waals surface area contributed by atoms with Gasteiger partial charge >= 0.3 is 0 Å². The molecule has 0 fully saturated rings. The van der Waals surface area contributed by atoms with E-state index in [-0.39, 0.29) is 4.90 Å². The van der Waals surface area contributed by atoms with Gasteiger partial charge in [0, 0.05) is 16.1 Å². The molecule has 18 heavy (non-hydrogen) atoms. The summed E-state index contributed by atoms with van der Waals surface area (Å²) in [6, 6.07) is 16.8. The zero-order valence-corrected chi connectivity index (χ0v) is 10.9. The molecule has 0 aliphatic carbocycles. The van der Waals surface area contributed by atoms with E-state index in [1.807, 2.05) is 42.5 Å². The zero-order valence-electron chi connectivity index (χ0n) is 9.30. The quantitative estimate of drug-likeness (QED) is 0.499. The first-order chi connectivity index (χ1) is 8.55. The van der Waals surface area contributed by atoms with E-state index < -0.39 is 9.05 Å². The first kappa shape index (κ1) is 11.5. The van der Waals surface area contributed by atoms with Gasteiger partial charge in [-0.25, -0.2) is 8.42 Å². The van der Waals surface area contributed by atoms with E-state index in [4.69, 9.17) is 10.7 Å². The van der Waals surface area contributed by atoms with E-state index in [2.05, 4.69) is 0 Å². The molecule has 0 aromatic heterocycles. The van der Waals surface area contributed by atoms with E-state index in [0.29, 0.717) is 5.39 Å². The highest BCUT2D eigenvalue weighted by atomic mass is 35.7. The molecule has 0 amide bonds. The highest BCUT2D eigenvalue weighted by molar-refractivity contribution is 8.14. The maximum Gasteiger partial charge on any atom is 0.261 e. The molecule has 0 atom stereocenters. The van der Waals surface area contributed by atoms with Gasteiger partial charge in [-0.05, 0) is 34.4 Å². The summed E-state index contributed by atoms with van der Waals surface area (Å²) in [5, 5.41) is 3.61. The molecule has 4 heteroatoms. The van der Waals surface area contributed by atoms with Crippen LogP contribution >= 0.6 is 10.7 Å². The molecule has 0 aliphatic rings. The average Bonchev–Trinajstić information content (AvgIpc) is 2.34. The van der Waals surface area contributed by atoms with Crippen LogP contribution in [0.25, 0.3) is 21.5 Å². The molecule has 0 N–H and O–H groups in total. The van der Waals surface area contributed by atoms with Gasteiger partial charge in [0.25, 0.3) is 9.05 Å². The molecule has 0 unspecified atom stereocenters. The molecule has 3 aromatic carbocycles. The maximum absolute atomic E-state index is 11.5. The topological polar surface area (TPSA) is 34.1 Å². The highest BCUT2D eigenvalue weighted by Crippen LogP contribution is 2.29. The second-order valence-electron chi connectivity index (χ2n) is 4.11. The second kappa shape index (κ2) is 3.97. The molecule has 0 heterocycles. The summed E-state index contributed by atoms with van der Waals surface area (Å²) in [6.45, 7) is 0. The third-order valence-corrected chi connectivity index (χ3v) is 4.35. The minimum atomic E-state index is -3.73. The van der Waals surface area contributed by atoms with Crippen LogP contribution in [0.5, 0.6) is 0 Å². The Kier molecular flexibility index (Phi) is 2.54. The van der Waals surface area contributed by atoms with Gasteiger partial charge in [-0.1, -0.05) is 36.4 Å². The van der Waals surface area contributed by atoms with Gasteiger partial charge in [0.2, 0.25) is 0 Å². The Hall–Kier alpha value is -1.58. The monoisotopic (exact) mass is 276 g/mol. The summed E-state index contributed by atoms with van der Waals surface area (Å²) in [5.41, 5.74) is 0. The Bertz CT molecular complexity index is 854. The van der Waals surface area contributed by atoms with Crippen molar-refractivity contribution in [3.63, 3.8) is 0 Å². The molecule has 90 valence electrons. The molecule has 0 aliphatic heterocycles. The average molecular weight is 277 g/mol. The lowest BCUT2D eigenvalue weighted by molar-refractivity contribution is 0.610. The van der Waals surface area contributed by atoms with Crippen molar-refractivity contribution in [2.45, 2.75) is 4.90 Å². The number of fused-ring (bicyclic) bond motifs is 2. The van der Waals surface area contributed by atoms with Crippen LogP contribution in [0.15, 0.2) is 59.5 Å². The number of benzene rings is 3. The molecule has 2 nitrogen and oxygen atoms in total. The van der Waals surface area contributed by atoms with Gasteiger partial charge in [-0.3, -0.25) is 0 Å². The summed E-state index contributed by atoms with van der Waals surface area (Å²) >= 11 is 0. The maximum atomic E-state index is 11.5. The highest BCUT2D eigenvalue weighted by Gasteiger charge is 2.14. The smallest absolute Gasteiger partial charge is 0.207 e. The number of hydrogen-bond acceptors (Lipinski definition) is 2. The van der Waals surface area contributed by atoms with Gasteiger partial charge in [-0.15, -0.1) is 0 Å². The summed E-state index contributed by atoms with van der Waals surface area (Å²) in [4.78, 5) is 0.160. The first-order valence-corrected chi connectivity index (χ1v) is 7.73. The van der Waals surface area contributed by atoms with Gasteiger partial charge in [0.05, 0.1) is 4.90 Å². The van der Waals surface area contributed by atoms with Crippen LogP contribution in [0, 0.1) is 0 Å². The normalized spacial score (nSPS) is 12.1. The van der Waals surface area contributed by atoms with Crippen LogP contribution in [-0.2, 0) is 9.05 Å². The summed E-state index contributed by atoms with van der Waals surface area (Å²) in [5.74, 6) is 0. The predicted octanol–water partition coefficient (Wildman–Crippen LogP) is 3.92. The van der Waals surface area contributed by atoms with Crippen LogP contribution in [-0.4, -0.2) is 8.42 Å². The number of hydrogen-bond donors (Lipinski definition) is 0. The van der Waals surface area contributed by atoms with Crippen molar-refractivity contribution >= 4 is 41.3 Å². The van der Waals surface area contributed by atoms with Crippen LogP contribution in [0.1, 0.15) is 0 Å². The van der Waals surface area contributed by atoms with Gasteiger partial charge < -0.3 is 0 Å². The Labute approximate surface area is 109 Å². The van der Waals surface area contributed by atoms with Crippen molar-refractivity contribution in [2.24, 2.45) is 0 Å². The Morgan fingerprint density at radius 3 is 2.06 bits per heavy atom. The van der Waals surface area contributed by atoms with Crippen molar-refractivity contribution in [3.8, 4) is 0 Å². The zero-order chi connectivity index (χ0) is 12.8. The first-order valence-electron chi connectivity index (χ1n) is 5.42. The summed E-state index contributed by atoms with van der Waals surface area (Å²) in [7, 11) is 1.74. The molecular weight excluding hydrogens is 268 g/mol. The molecule has 0 spiro atoms. The van der Waals surface area contributed by atoms with Crippen molar-refractivity contribution in [1.29, 1.82) is 0 Å². The lowest BCUT2D eigenvalue weighted by Gasteiger charge is -2.05. The fourth-order valence-electron chi connectivity index (χ4n) is 2.15. The minimum Gasteiger partial charge on any atom is -0.207 e. The van der Waals surface area contributed by atoms with E-state index >= 15 is 0 Å². The van der Waals surface area contributed by atoms with Gasteiger partial charge in [0.1, 0.15) is 0 Å². The van der Waals surface area contributed by atoms with Gasteiger partial charge in [-0.2, -0.15) is 0 Å². The third-order valence-electron chi connectivity index (χ3n) is 2.97. The van der Waals surface area contributed by atoms with Crippen molar-refractivity contribution < 1.29 is 8.42 Å². The Morgan fingerprint density at radius 2 is 1.39 bits per heavy atom. The molecule has 0 radical (unpaired) electrons. The van der Waals surface area contributed by atoms with Crippen LogP contribution in [0.2, 0.25) is 0 Å². The van der Waals surface area contributed by atoms with E-state index in [9.17, 15) is 8.42 Å². The fraction of sp³-hybridized carbons (Fsp3) is 0. The molecule has 3 aromatic rings. The lowest BCUT2D eigenvalue weighted by atomic mass is 10.0. The molecule has 3 rings (SSSR count). The van der Waals surface area contributed by atoms with E-state index in [1.165, 1.54) is 6.07 Å². The molecule has 0 bridgehead atoms.